The Morgan fingerprint density at radius 3 is 2.48 bits per heavy atom. The van der Waals surface area contributed by atoms with E-state index in [2.05, 4.69) is 24.0 Å². The first-order chi connectivity index (χ1) is 19.2. The van der Waals surface area contributed by atoms with Gasteiger partial charge in [-0.05, 0) is 74.6 Å². The number of benzene rings is 2. The fourth-order valence-corrected chi connectivity index (χ4v) is 8.35. The Kier molecular flexibility index (Phi) is 9.21. The SMILES string of the molecule is Cc1cc(C)c2nc(N(CCCN3CCOCC3)C(=O)c3ccc(S(=O)(=O)N(C)C4CCCCC4)cc3)sc2c1. The van der Waals surface area contributed by atoms with Gasteiger partial charge in [-0.25, -0.2) is 13.4 Å². The summed E-state index contributed by atoms with van der Waals surface area (Å²) in [5.74, 6) is -0.167. The van der Waals surface area contributed by atoms with Gasteiger partial charge >= 0.3 is 0 Å². The van der Waals surface area contributed by atoms with Gasteiger partial charge in [0.25, 0.3) is 5.91 Å². The van der Waals surface area contributed by atoms with E-state index in [9.17, 15) is 13.2 Å². The van der Waals surface area contributed by atoms with Crippen LogP contribution in [0.5, 0.6) is 0 Å². The van der Waals surface area contributed by atoms with Gasteiger partial charge in [-0.1, -0.05) is 36.7 Å². The van der Waals surface area contributed by atoms with Gasteiger partial charge in [-0.2, -0.15) is 4.31 Å². The minimum absolute atomic E-state index is 0.0353. The highest BCUT2D eigenvalue weighted by atomic mass is 32.2. The summed E-state index contributed by atoms with van der Waals surface area (Å²) in [6, 6.07) is 10.7. The van der Waals surface area contributed by atoms with Crippen LogP contribution in [-0.2, 0) is 14.8 Å². The maximum absolute atomic E-state index is 13.9. The molecule has 0 bridgehead atoms. The van der Waals surface area contributed by atoms with Gasteiger partial charge < -0.3 is 4.74 Å². The largest absolute Gasteiger partial charge is 0.379 e. The zero-order chi connectivity index (χ0) is 28.3. The van der Waals surface area contributed by atoms with Gasteiger partial charge in [0.2, 0.25) is 10.0 Å². The van der Waals surface area contributed by atoms with Gasteiger partial charge in [-0.3, -0.25) is 14.6 Å². The van der Waals surface area contributed by atoms with Crippen molar-refractivity contribution < 1.29 is 17.9 Å². The molecule has 0 spiro atoms. The highest BCUT2D eigenvalue weighted by Crippen LogP contribution is 2.33. The smallest absolute Gasteiger partial charge is 0.260 e. The van der Waals surface area contributed by atoms with Crippen molar-refractivity contribution in [3.05, 3.63) is 53.1 Å². The van der Waals surface area contributed by atoms with Crippen LogP contribution >= 0.6 is 11.3 Å². The molecule has 1 saturated carbocycles. The maximum atomic E-state index is 13.9. The van der Waals surface area contributed by atoms with Crippen molar-refractivity contribution in [2.24, 2.45) is 0 Å². The van der Waals surface area contributed by atoms with Crippen LogP contribution < -0.4 is 4.90 Å². The predicted octanol–water partition coefficient (Wildman–Crippen LogP) is 5.24. The number of carbonyl (C=O) groups excluding carboxylic acids is 1. The first-order valence-corrected chi connectivity index (χ1v) is 16.6. The number of carbonyl (C=O) groups is 1. The molecule has 2 aromatic carbocycles. The number of aromatic nitrogens is 1. The third kappa shape index (κ3) is 6.41. The fourth-order valence-electron chi connectivity index (χ4n) is 5.77. The van der Waals surface area contributed by atoms with Crippen molar-refractivity contribution >= 4 is 42.6 Å². The minimum Gasteiger partial charge on any atom is -0.379 e. The molecule has 10 heteroatoms. The van der Waals surface area contributed by atoms with E-state index in [4.69, 9.17) is 9.72 Å². The summed E-state index contributed by atoms with van der Waals surface area (Å²) in [6.07, 6.45) is 5.88. The highest BCUT2D eigenvalue weighted by Gasteiger charge is 2.30. The molecule has 216 valence electrons. The molecule has 3 aromatic rings. The molecule has 0 unspecified atom stereocenters. The minimum atomic E-state index is -3.62. The van der Waals surface area contributed by atoms with Crippen LogP contribution in [0.15, 0.2) is 41.3 Å². The number of amides is 1. The van der Waals surface area contributed by atoms with Crippen LogP contribution in [0.3, 0.4) is 0 Å². The number of sulfonamides is 1. The quantitative estimate of drug-likeness (QED) is 0.342. The molecule has 1 aromatic heterocycles. The van der Waals surface area contributed by atoms with E-state index < -0.39 is 10.0 Å². The molecule has 2 fully saturated rings. The lowest BCUT2D eigenvalue weighted by Gasteiger charge is -2.30. The van der Waals surface area contributed by atoms with E-state index in [0.29, 0.717) is 17.2 Å². The maximum Gasteiger partial charge on any atom is 0.260 e. The topological polar surface area (TPSA) is 83.0 Å². The number of aryl methyl sites for hydroxylation is 2. The number of hydrogen-bond donors (Lipinski definition) is 0. The van der Waals surface area contributed by atoms with Crippen molar-refractivity contribution in [2.45, 2.75) is 63.3 Å². The van der Waals surface area contributed by atoms with Crippen LogP contribution in [0.1, 0.15) is 60.0 Å². The van der Waals surface area contributed by atoms with E-state index in [-0.39, 0.29) is 16.8 Å². The Balaban J connectivity index is 1.38. The average molecular weight is 585 g/mol. The molecule has 1 saturated heterocycles. The molecular weight excluding hydrogens is 544 g/mol. The summed E-state index contributed by atoms with van der Waals surface area (Å²) in [6.45, 7) is 8.80. The second kappa shape index (κ2) is 12.7. The predicted molar refractivity (Wildman–Crippen MR) is 161 cm³/mol. The number of morpholine rings is 1. The van der Waals surface area contributed by atoms with E-state index in [1.54, 1.807) is 36.2 Å². The molecule has 8 nitrogen and oxygen atoms in total. The number of thiazole rings is 1. The number of hydrogen-bond acceptors (Lipinski definition) is 7. The van der Waals surface area contributed by atoms with E-state index >= 15 is 0 Å². The zero-order valence-corrected chi connectivity index (χ0v) is 25.4. The summed E-state index contributed by atoms with van der Waals surface area (Å²) in [5, 5.41) is 0.671. The summed E-state index contributed by atoms with van der Waals surface area (Å²) in [7, 11) is -1.95. The van der Waals surface area contributed by atoms with Crippen molar-refractivity contribution in [1.29, 1.82) is 0 Å². The third-order valence-corrected chi connectivity index (χ3v) is 11.1. The normalized spacial score (nSPS) is 17.5. The lowest BCUT2D eigenvalue weighted by Crippen LogP contribution is -2.39. The van der Waals surface area contributed by atoms with E-state index in [0.717, 1.165) is 87.2 Å². The van der Waals surface area contributed by atoms with Crippen LogP contribution in [0, 0.1) is 13.8 Å². The molecule has 1 aliphatic heterocycles. The third-order valence-electron chi connectivity index (χ3n) is 8.12. The Bertz CT molecular complexity index is 1430. The first kappa shape index (κ1) is 29.1. The molecule has 2 aliphatic rings. The lowest BCUT2D eigenvalue weighted by atomic mass is 9.96. The molecule has 0 radical (unpaired) electrons. The van der Waals surface area contributed by atoms with Crippen LogP contribution in [0.4, 0.5) is 5.13 Å². The monoisotopic (exact) mass is 584 g/mol. The number of anilines is 1. The van der Waals surface area contributed by atoms with Crippen molar-refractivity contribution in [3.8, 4) is 0 Å². The number of ether oxygens (including phenoxy) is 1. The molecule has 0 N–H and O–H groups in total. The Morgan fingerprint density at radius 1 is 1.07 bits per heavy atom. The van der Waals surface area contributed by atoms with E-state index in [1.165, 1.54) is 21.2 Å². The van der Waals surface area contributed by atoms with E-state index in [1.807, 2.05) is 6.92 Å². The lowest BCUT2D eigenvalue weighted by molar-refractivity contribution is 0.0376. The highest BCUT2D eigenvalue weighted by molar-refractivity contribution is 7.89. The molecule has 0 atom stereocenters. The molecule has 2 heterocycles. The van der Waals surface area contributed by atoms with Crippen LogP contribution in [-0.4, -0.2) is 81.0 Å². The zero-order valence-electron chi connectivity index (χ0n) is 23.8. The fraction of sp³-hybridized carbons (Fsp3) is 0.533. The van der Waals surface area contributed by atoms with Gasteiger partial charge in [0.05, 0.1) is 28.3 Å². The van der Waals surface area contributed by atoms with Gasteiger partial charge in [0.15, 0.2) is 5.13 Å². The summed E-state index contributed by atoms with van der Waals surface area (Å²) in [4.78, 5) is 23.1. The Morgan fingerprint density at radius 2 is 1.77 bits per heavy atom. The molecule has 5 rings (SSSR count). The van der Waals surface area contributed by atoms with Crippen LogP contribution in [0.25, 0.3) is 10.2 Å². The Labute approximate surface area is 242 Å². The second-order valence-electron chi connectivity index (χ2n) is 11.0. The first-order valence-electron chi connectivity index (χ1n) is 14.3. The Hall–Kier alpha value is -2.37. The molecular formula is C30H40N4O4S2. The van der Waals surface area contributed by atoms with Crippen LogP contribution in [0.2, 0.25) is 0 Å². The standard InChI is InChI=1S/C30H40N4O4S2/c1-22-20-23(2)28-27(21-22)39-30(31-28)34(15-7-14-33-16-18-38-19-17-33)29(35)24-10-12-26(13-11-24)40(36,37)32(3)25-8-5-4-6-9-25/h10-13,20-21,25H,4-9,14-19H2,1-3H3. The van der Waals surface area contributed by atoms with Crippen molar-refractivity contribution in [3.63, 3.8) is 0 Å². The average Bonchev–Trinajstić information content (AvgIpc) is 3.40. The second-order valence-corrected chi connectivity index (χ2v) is 14.0. The van der Waals surface area contributed by atoms with Gasteiger partial charge in [0, 0.05) is 44.8 Å². The van der Waals surface area contributed by atoms with Gasteiger partial charge in [-0.15, -0.1) is 0 Å². The summed E-state index contributed by atoms with van der Waals surface area (Å²) >= 11 is 1.53. The number of nitrogens with zero attached hydrogens (tertiary/aromatic N) is 4. The molecule has 1 amide bonds. The van der Waals surface area contributed by atoms with Crippen molar-refractivity contribution in [1.82, 2.24) is 14.2 Å². The molecule has 40 heavy (non-hydrogen) atoms. The molecule has 1 aliphatic carbocycles. The summed E-state index contributed by atoms with van der Waals surface area (Å²) in [5.41, 5.74) is 3.64. The number of rotatable bonds is 9. The van der Waals surface area contributed by atoms with Gasteiger partial charge in [0.1, 0.15) is 0 Å². The number of fused-ring (bicyclic) bond motifs is 1. The van der Waals surface area contributed by atoms with Crippen molar-refractivity contribution in [2.75, 3.05) is 51.3 Å². The summed E-state index contributed by atoms with van der Waals surface area (Å²) < 4.78 is 34.7.